The first-order chi connectivity index (χ1) is 31.3. The number of aromatic nitrogens is 2. The summed E-state index contributed by atoms with van der Waals surface area (Å²) in [5.74, 6) is 0. The van der Waals surface area contributed by atoms with Gasteiger partial charge in [-0.3, -0.25) is 0 Å². The largest absolute Gasteiger partial charge is 0.309 e. The molecule has 10 aromatic carbocycles. The lowest BCUT2D eigenvalue weighted by molar-refractivity contribution is 1.15. The maximum absolute atomic E-state index is 2.78. The first-order valence-corrected chi connectivity index (χ1v) is 23.8. The lowest BCUT2D eigenvalue weighted by Gasteiger charge is -2.34. The van der Waals surface area contributed by atoms with Gasteiger partial charge in [0.15, 0.2) is 8.07 Å². The maximum Gasteiger partial charge on any atom is 0.179 e. The lowest BCUT2D eigenvalue weighted by Crippen LogP contribution is -2.74. The molecule has 0 atom stereocenters. The Bertz CT molecular complexity index is 3490. The van der Waals surface area contributed by atoms with Gasteiger partial charge in [-0.15, -0.1) is 0 Å². The fraction of sp³-hybridized carbons (Fsp3) is 0. The lowest BCUT2D eigenvalue weighted by atomic mass is 9.99. The van der Waals surface area contributed by atoms with Gasteiger partial charge in [0, 0.05) is 32.9 Å². The number of hydrogen-bond donors (Lipinski definition) is 0. The Labute approximate surface area is 368 Å². The summed E-state index contributed by atoms with van der Waals surface area (Å²) < 4.78 is 4.94. The summed E-state index contributed by atoms with van der Waals surface area (Å²) in [7, 11) is -2.78. The molecule has 0 saturated carbocycles. The molecule has 0 radical (unpaired) electrons. The van der Waals surface area contributed by atoms with Crippen LogP contribution < -0.4 is 20.7 Å². The van der Waals surface area contributed by atoms with Gasteiger partial charge in [0.25, 0.3) is 0 Å². The fourth-order valence-electron chi connectivity index (χ4n) is 10.2. The Morgan fingerprint density at radius 3 is 1.17 bits per heavy atom. The third-order valence-corrected chi connectivity index (χ3v) is 17.8. The van der Waals surface area contributed by atoms with E-state index in [0.29, 0.717) is 0 Å². The number of fused-ring (bicyclic) bond motifs is 6. The van der Waals surface area contributed by atoms with Crippen molar-refractivity contribution in [2.24, 2.45) is 0 Å². The second kappa shape index (κ2) is 15.2. The number of para-hydroxylation sites is 2. The van der Waals surface area contributed by atoms with Crippen LogP contribution in [0, 0.1) is 0 Å². The third-order valence-electron chi connectivity index (χ3n) is 13.1. The van der Waals surface area contributed by atoms with E-state index in [9.17, 15) is 0 Å². The Hall–Kier alpha value is -7.98. The summed E-state index contributed by atoms with van der Waals surface area (Å²) in [6.07, 6.45) is 0. The highest BCUT2D eigenvalue weighted by atomic mass is 28.3. The van der Waals surface area contributed by atoms with Crippen LogP contribution in [0.4, 0.5) is 0 Å². The van der Waals surface area contributed by atoms with Gasteiger partial charge in [0.2, 0.25) is 0 Å². The number of hydrogen-bond acceptors (Lipinski definition) is 0. The first-order valence-electron chi connectivity index (χ1n) is 21.8. The molecule has 0 N–H and O–H groups in total. The van der Waals surface area contributed by atoms with Crippen LogP contribution in [0.5, 0.6) is 0 Å². The van der Waals surface area contributed by atoms with Crippen LogP contribution in [0.25, 0.3) is 77.2 Å². The standard InChI is InChI=1S/C60H42N2Si/c1-5-18-43(19-6-1)45-20-17-21-46(40-45)44-32-34-47(35-33-44)61-57-30-15-13-28-53(57)55-38-36-48(41-59(55)61)62-58-31-16-14-29-54(58)56-39-37-52(42-60(56)62)63(49-22-7-2-8-23-49,50-24-9-3-10-25-50)51-26-11-4-12-27-51/h1-42H. The number of nitrogens with zero attached hydrogens (tertiary/aromatic N) is 2. The molecular formula is C60H42N2Si. The SMILES string of the molecule is c1ccc(-c2cccc(-c3ccc(-n4c5ccccc5c5ccc(-n6c7ccccc7c7ccc([Si](c8ccccc8)(c8ccccc8)c8ccccc8)cc76)cc54)cc3)c2)cc1. The minimum atomic E-state index is -2.78. The van der Waals surface area contributed by atoms with Crippen LogP contribution in [0.2, 0.25) is 0 Å². The van der Waals surface area contributed by atoms with Gasteiger partial charge in [0.05, 0.1) is 22.1 Å². The average Bonchev–Trinajstić information content (AvgIpc) is 3.88. The molecule has 2 heterocycles. The zero-order valence-corrected chi connectivity index (χ0v) is 35.6. The summed E-state index contributed by atoms with van der Waals surface area (Å²) in [6.45, 7) is 0. The number of rotatable bonds is 8. The average molecular weight is 819 g/mol. The van der Waals surface area contributed by atoms with Crippen LogP contribution in [-0.4, -0.2) is 17.2 Å². The van der Waals surface area contributed by atoms with E-state index in [2.05, 4.69) is 264 Å². The Morgan fingerprint density at radius 1 is 0.222 bits per heavy atom. The van der Waals surface area contributed by atoms with E-state index in [1.54, 1.807) is 0 Å². The summed E-state index contributed by atoms with van der Waals surface area (Å²) in [4.78, 5) is 0. The minimum Gasteiger partial charge on any atom is -0.309 e. The van der Waals surface area contributed by atoms with Crippen molar-refractivity contribution in [3.05, 3.63) is 255 Å². The molecule has 0 bridgehead atoms. The molecule has 296 valence electrons. The molecule has 2 aromatic heterocycles. The van der Waals surface area contributed by atoms with Gasteiger partial charge in [-0.05, 0) is 91.5 Å². The molecule has 3 heteroatoms. The van der Waals surface area contributed by atoms with E-state index in [1.165, 1.54) is 86.6 Å². The Kier molecular flexibility index (Phi) is 8.87. The third kappa shape index (κ3) is 6.00. The normalized spacial score (nSPS) is 11.8. The monoisotopic (exact) mass is 818 g/mol. The van der Waals surface area contributed by atoms with E-state index in [0.717, 1.165) is 11.4 Å². The number of benzene rings is 10. The van der Waals surface area contributed by atoms with E-state index < -0.39 is 8.07 Å². The molecule has 63 heavy (non-hydrogen) atoms. The zero-order chi connectivity index (χ0) is 41.7. The Morgan fingerprint density at radius 2 is 0.619 bits per heavy atom. The zero-order valence-electron chi connectivity index (χ0n) is 34.6. The van der Waals surface area contributed by atoms with Crippen LogP contribution in [0.1, 0.15) is 0 Å². The van der Waals surface area contributed by atoms with Crippen molar-refractivity contribution in [2.75, 3.05) is 0 Å². The summed E-state index contributed by atoms with van der Waals surface area (Å²) in [5.41, 5.74) is 11.9. The van der Waals surface area contributed by atoms with Gasteiger partial charge < -0.3 is 9.13 Å². The van der Waals surface area contributed by atoms with Crippen molar-refractivity contribution >= 4 is 72.4 Å². The van der Waals surface area contributed by atoms with Crippen molar-refractivity contribution < 1.29 is 0 Å². The molecule has 0 aliphatic carbocycles. The summed E-state index contributed by atoms with van der Waals surface area (Å²) >= 11 is 0. The maximum atomic E-state index is 2.51. The van der Waals surface area contributed by atoms with Crippen LogP contribution in [0.15, 0.2) is 255 Å². The molecule has 0 spiro atoms. The van der Waals surface area contributed by atoms with Crippen molar-refractivity contribution in [1.82, 2.24) is 9.13 Å². The summed E-state index contributed by atoms with van der Waals surface area (Å²) in [6, 6.07) is 94.2. The molecule has 2 nitrogen and oxygen atoms in total. The van der Waals surface area contributed by atoms with E-state index in [4.69, 9.17) is 0 Å². The fourth-order valence-corrected chi connectivity index (χ4v) is 15.0. The van der Waals surface area contributed by atoms with Crippen LogP contribution >= 0.6 is 0 Å². The van der Waals surface area contributed by atoms with Gasteiger partial charge in [-0.2, -0.15) is 0 Å². The topological polar surface area (TPSA) is 9.86 Å². The highest BCUT2D eigenvalue weighted by molar-refractivity contribution is 7.20. The second-order valence-corrected chi connectivity index (χ2v) is 20.3. The van der Waals surface area contributed by atoms with Gasteiger partial charge >= 0.3 is 0 Å². The molecule has 12 rings (SSSR count). The minimum absolute atomic E-state index is 1.13. The van der Waals surface area contributed by atoms with Crippen molar-refractivity contribution in [1.29, 1.82) is 0 Å². The van der Waals surface area contributed by atoms with E-state index in [1.807, 2.05) is 0 Å². The molecular weight excluding hydrogens is 777 g/mol. The molecule has 0 aliphatic rings. The van der Waals surface area contributed by atoms with Crippen LogP contribution in [-0.2, 0) is 0 Å². The van der Waals surface area contributed by atoms with E-state index >= 15 is 0 Å². The molecule has 12 aromatic rings. The summed E-state index contributed by atoms with van der Waals surface area (Å²) in [5, 5.41) is 10.4. The van der Waals surface area contributed by atoms with E-state index in [-0.39, 0.29) is 0 Å². The predicted molar refractivity (Wildman–Crippen MR) is 270 cm³/mol. The Balaban J connectivity index is 1.06. The molecule has 0 fully saturated rings. The highest BCUT2D eigenvalue weighted by Gasteiger charge is 2.41. The van der Waals surface area contributed by atoms with Crippen molar-refractivity contribution in [2.45, 2.75) is 0 Å². The molecule has 0 aliphatic heterocycles. The van der Waals surface area contributed by atoms with Crippen molar-refractivity contribution in [3.63, 3.8) is 0 Å². The highest BCUT2D eigenvalue weighted by Crippen LogP contribution is 2.37. The first kappa shape index (κ1) is 36.8. The second-order valence-electron chi connectivity index (χ2n) is 16.5. The quantitative estimate of drug-likeness (QED) is 0.107. The predicted octanol–water partition coefficient (Wildman–Crippen LogP) is 12.6. The molecule has 0 unspecified atom stereocenters. The smallest absolute Gasteiger partial charge is 0.179 e. The van der Waals surface area contributed by atoms with Gasteiger partial charge in [-0.1, -0.05) is 206 Å². The molecule has 0 amide bonds. The van der Waals surface area contributed by atoms with Crippen molar-refractivity contribution in [3.8, 4) is 33.6 Å². The molecule has 0 saturated heterocycles. The van der Waals surface area contributed by atoms with Gasteiger partial charge in [-0.25, -0.2) is 0 Å². The van der Waals surface area contributed by atoms with Gasteiger partial charge in [0.1, 0.15) is 0 Å². The van der Waals surface area contributed by atoms with Crippen LogP contribution in [0.3, 0.4) is 0 Å².